The smallest absolute Gasteiger partial charge is 0.410 e. The van der Waals surface area contributed by atoms with Gasteiger partial charge in [-0.25, -0.2) is 4.79 Å². The highest BCUT2D eigenvalue weighted by atomic mass is 16.6. The third kappa shape index (κ3) is 3.39. The van der Waals surface area contributed by atoms with Gasteiger partial charge < -0.3 is 14.4 Å². The number of rotatable bonds is 1. The van der Waals surface area contributed by atoms with Gasteiger partial charge in [0.1, 0.15) is 11.7 Å². The highest BCUT2D eigenvalue weighted by Crippen LogP contribution is 2.37. The van der Waals surface area contributed by atoms with Crippen LogP contribution in [0.2, 0.25) is 0 Å². The molecule has 2 saturated heterocycles. The molecule has 1 amide bonds. The lowest BCUT2D eigenvalue weighted by atomic mass is 10.0. The zero-order valence-electron chi connectivity index (χ0n) is 12.1. The topological polar surface area (TPSA) is 55.8 Å². The van der Waals surface area contributed by atoms with E-state index in [1.54, 1.807) is 0 Å². The minimum Gasteiger partial charge on any atom is -0.462 e. The fraction of sp³-hybridized carbons (Fsp3) is 0.857. The molecule has 0 unspecified atom stereocenters. The van der Waals surface area contributed by atoms with Crippen LogP contribution in [0.15, 0.2) is 0 Å². The molecule has 2 fully saturated rings. The number of fused-ring (bicyclic) bond motifs is 2. The monoisotopic (exact) mass is 269 g/mol. The molecule has 0 aromatic carbocycles. The third-order valence-corrected chi connectivity index (χ3v) is 3.63. The first-order valence-corrected chi connectivity index (χ1v) is 6.95. The van der Waals surface area contributed by atoms with E-state index in [0.29, 0.717) is 0 Å². The van der Waals surface area contributed by atoms with Crippen molar-refractivity contribution >= 4 is 12.1 Å². The summed E-state index contributed by atoms with van der Waals surface area (Å²) in [5.41, 5.74) is -0.469. The van der Waals surface area contributed by atoms with Crippen LogP contribution in [0.25, 0.3) is 0 Å². The first kappa shape index (κ1) is 14.2. The van der Waals surface area contributed by atoms with Crippen molar-refractivity contribution in [3.05, 3.63) is 0 Å². The Bertz CT molecular complexity index is 360. The van der Waals surface area contributed by atoms with Gasteiger partial charge in [0.05, 0.1) is 0 Å². The van der Waals surface area contributed by atoms with Gasteiger partial charge in [-0.2, -0.15) is 0 Å². The first-order chi connectivity index (χ1) is 8.76. The standard InChI is InChI=1S/C14H23NO4/c1-9(16)18-12-7-10-5-6-11(8-12)15(10)13(17)19-14(2,3)4/h10-12H,5-8H2,1-4H3/t10-,11+,12-. The minimum atomic E-state index is -0.469. The summed E-state index contributed by atoms with van der Waals surface area (Å²) in [5.74, 6) is -0.241. The number of hydrogen-bond donors (Lipinski definition) is 0. The van der Waals surface area contributed by atoms with E-state index in [1.165, 1.54) is 6.92 Å². The van der Waals surface area contributed by atoms with Crippen molar-refractivity contribution in [3.63, 3.8) is 0 Å². The van der Waals surface area contributed by atoms with Crippen molar-refractivity contribution in [1.82, 2.24) is 4.90 Å². The zero-order valence-corrected chi connectivity index (χ0v) is 12.1. The summed E-state index contributed by atoms with van der Waals surface area (Å²) in [6.07, 6.45) is 3.13. The van der Waals surface area contributed by atoms with Gasteiger partial charge in [-0.05, 0) is 33.6 Å². The molecule has 0 aromatic rings. The number of carbonyl (C=O) groups is 2. The molecule has 0 spiro atoms. The predicted octanol–water partition coefficient (Wildman–Crippen LogP) is 2.48. The van der Waals surface area contributed by atoms with Gasteiger partial charge in [-0.1, -0.05) is 0 Å². The van der Waals surface area contributed by atoms with Gasteiger partial charge in [0.15, 0.2) is 0 Å². The first-order valence-electron chi connectivity index (χ1n) is 6.95. The molecule has 19 heavy (non-hydrogen) atoms. The number of amides is 1. The molecule has 0 aliphatic carbocycles. The minimum absolute atomic E-state index is 0.0475. The molecule has 2 heterocycles. The summed E-state index contributed by atoms with van der Waals surface area (Å²) in [7, 11) is 0. The Kier molecular flexibility index (Phi) is 3.74. The van der Waals surface area contributed by atoms with Crippen LogP contribution in [-0.4, -0.2) is 40.8 Å². The van der Waals surface area contributed by atoms with Gasteiger partial charge in [0, 0.05) is 31.8 Å². The van der Waals surface area contributed by atoms with Crippen LogP contribution in [0, 0.1) is 0 Å². The van der Waals surface area contributed by atoms with E-state index in [2.05, 4.69) is 0 Å². The average molecular weight is 269 g/mol. The number of esters is 1. The Labute approximate surface area is 114 Å². The van der Waals surface area contributed by atoms with Crippen LogP contribution in [0.4, 0.5) is 4.79 Å². The van der Waals surface area contributed by atoms with E-state index in [1.807, 2.05) is 25.7 Å². The number of hydrogen-bond acceptors (Lipinski definition) is 4. The molecule has 5 heteroatoms. The average Bonchev–Trinajstić information content (AvgIpc) is 2.47. The molecule has 0 radical (unpaired) electrons. The molecule has 2 aliphatic rings. The number of carbonyl (C=O) groups excluding carboxylic acids is 2. The van der Waals surface area contributed by atoms with Crippen molar-refractivity contribution in [2.45, 2.75) is 77.2 Å². The second kappa shape index (κ2) is 5.02. The Morgan fingerprint density at radius 1 is 1.11 bits per heavy atom. The van der Waals surface area contributed by atoms with Crippen LogP contribution in [0.3, 0.4) is 0 Å². The summed E-state index contributed by atoms with van der Waals surface area (Å²) in [5, 5.41) is 0. The molecule has 0 aromatic heterocycles. The van der Waals surface area contributed by atoms with Crippen molar-refractivity contribution in [2.75, 3.05) is 0 Å². The molecular weight excluding hydrogens is 246 g/mol. The van der Waals surface area contributed by atoms with Gasteiger partial charge in [0.25, 0.3) is 0 Å². The van der Waals surface area contributed by atoms with Crippen LogP contribution >= 0.6 is 0 Å². The Morgan fingerprint density at radius 2 is 1.63 bits per heavy atom. The lowest BCUT2D eigenvalue weighted by molar-refractivity contribution is -0.149. The Balaban J connectivity index is 1.99. The normalized spacial score (nSPS) is 30.1. The fourth-order valence-corrected chi connectivity index (χ4v) is 3.07. The second-order valence-electron chi connectivity index (χ2n) is 6.48. The largest absolute Gasteiger partial charge is 0.462 e. The van der Waals surface area contributed by atoms with Crippen LogP contribution in [-0.2, 0) is 14.3 Å². The molecular formula is C14H23NO4. The Morgan fingerprint density at radius 3 is 2.05 bits per heavy atom. The Hall–Kier alpha value is -1.26. The van der Waals surface area contributed by atoms with Crippen molar-refractivity contribution < 1.29 is 19.1 Å². The van der Waals surface area contributed by atoms with E-state index in [0.717, 1.165) is 25.7 Å². The summed E-state index contributed by atoms with van der Waals surface area (Å²) in [6.45, 7) is 7.05. The zero-order chi connectivity index (χ0) is 14.2. The van der Waals surface area contributed by atoms with E-state index in [-0.39, 0.29) is 30.3 Å². The van der Waals surface area contributed by atoms with E-state index in [9.17, 15) is 9.59 Å². The molecule has 2 rings (SSSR count). The molecule has 2 aliphatic heterocycles. The van der Waals surface area contributed by atoms with Crippen molar-refractivity contribution in [2.24, 2.45) is 0 Å². The van der Waals surface area contributed by atoms with Crippen LogP contribution in [0.5, 0.6) is 0 Å². The highest BCUT2D eigenvalue weighted by molar-refractivity contribution is 5.70. The lowest BCUT2D eigenvalue weighted by Gasteiger charge is -2.38. The van der Waals surface area contributed by atoms with Crippen molar-refractivity contribution in [3.8, 4) is 0 Å². The van der Waals surface area contributed by atoms with E-state index in [4.69, 9.17) is 9.47 Å². The van der Waals surface area contributed by atoms with Crippen LogP contribution < -0.4 is 0 Å². The second-order valence-corrected chi connectivity index (χ2v) is 6.48. The molecule has 0 N–H and O–H groups in total. The molecule has 0 saturated carbocycles. The van der Waals surface area contributed by atoms with Gasteiger partial charge >= 0.3 is 12.1 Å². The summed E-state index contributed by atoms with van der Waals surface area (Å²) >= 11 is 0. The highest BCUT2D eigenvalue weighted by Gasteiger charge is 2.45. The number of ether oxygens (including phenoxy) is 2. The van der Waals surface area contributed by atoms with Gasteiger partial charge in [-0.15, -0.1) is 0 Å². The predicted molar refractivity (Wildman–Crippen MR) is 69.7 cm³/mol. The van der Waals surface area contributed by atoms with Crippen molar-refractivity contribution in [1.29, 1.82) is 0 Å². The maximum absolute atomic E-state index is 12.2. The third-order valence-electron chi connectivity index (χ3n) is 3.63. The maximum atomic E-state index is 12.2. The summed E-state index contributed by atoms with van der Waals surface area (Å²) in [4.78, 5) is 25.1. The summed E-state index contributed by atoms with van der Waals surface area (Å²) in [6, 6.07) is 0.302. The van der Waals surface area contributed by atoms with E-state index >= 15 is 0 Å². The SMILES string of the molecule is CC(=O)O[C@@H]1C[C@H]2CC[C@@H](C1)N2C(=O)OC(C)(C)C. The van der Waals surface area contributed by atoms with Crippen LogP contribution in [0.1, 0.15) is 53.4 Å². The van der Waals surface area contributed by atoms with Gasteiger partial charge in [-0.3, -0.25) is 4.79 Å². The molecule has 3 atom stereocenters. The maximum Gasteiger partial charge on any atom is 0.410 e. The molecule has 5 nitrogen and oxygen atoms in total. The summed E-state index contributed by atoms with van der Waals surface area (Å²) < 4.78 is 10.7. The number of nitrogens with zero attached hydrogens (tertiary/aromatic N) is 1. The number of piperidine rings is 1. The molecule has 2 bridgehead atoms. The molecule has 108 valence electrons. The lowest BCUT2D eigenvalue weighted by Crippen LogP contribution is -2.50. The quantitative estimate of drug-likeness (QED) is 0.686. The van der Waals surface area contributed by atoms with E-state index < -0.39 is 5.60 Å². The fourth-order valence-electron chi connectivity index (χ4n) is 3.07. The van der Waals surface area contributed by atoms with Gasteiger partial charge in [0.2, 0.25) is 0 Å².